The third-order valence-electron chi connectivity index (χ3n) is 4.61. The molecule has 4 nitrogen and oxygen atoms in total. The van der Waals surface area contributed by atoms with Gasteiger partial charge in [-0.3, -0.25) is 4.79 Å². The summed E-state index contributed by atoms with van der Waals surface area (Å²) >= 11 is 0. The number of carbonyl (C=O) groups is 1. The maximum absolute atomic E-state index is 12.2. The van der Waals surface area contributed by atoms with Gasteiger partial charge in [-0.25, -0.2) is 4.68 Å². The summed E-state index contributed by atoms with van der Waals surface area (Å²) in [6, 6.07) is 10.7. The second-order valence-electron chi connectivity index (χ2n) is 6.07. The Morgan fingerprint density at radius 3 is 3.05 bits per heavy atom. The van der Waals surface area contributed by atoms with Gasteiger partial charge in [0.2, 0.25) is 5.91 Å². The van der Waals surface area contributed by atoms with Crippen molar-refractivity contribution < 1.29 is 4.79 Å². The van der Waals surface area contributed by atoms with Crippen molar-refractivity contribution >= 4 is 11.7 Å². The van der Waals surface area contributed by atoms with E-state index < -0.39 is 0 Å². The third-order valence-corrected chi connectivity index (χ3v) is 4.61. The number of anilines is 1. The van der Waals surface area contributed by atoms with Gasteiger partial charge in [-0.1, -0.05) is 38.1 Å². The van der Waals surface area contributed by atoms with Crippen molar-refractivity contribution in [3.05, 3.63) is 47.7 Å². The van der Waals surface area contributed by atoms with Crippen LogP contribution in [0.5, 0.6) is 0 Å². The second-order valence-corrected chi connectivity index (χ2v) is 6.07. The van der Waals surface area contributed by atoms with Crippen molar-refractivity contribution in [2.75, 3.05) is 5.32 Å². The Bertz CT molecular complexity index is 662. The molecule has 3 rings (SSSR count). The van der Waals surface area contributed by atoms with Crippen LogP contribution in [0.25, 0.3) is 0 Å². The predicted octanol–water partition coefficient (Wildman–Crippen LogP) is 3.79. The third kappa shape index (κ3) is 2.78. The highest BCUT2D eigenvalue weighted by molar-refractivity contribution is 5.91. The number of benzene rings is 1. The summed E-state index contributed by atoms with van der Waals surface area (Å²) in [7, 11) is 0. The van der Waals surface area contributed by atoms with E-state index in [0.717, 1.165) is 31.5 Å². The molecule has 0 fully saturated rings. The zero-order valence-corrected chi connectivity index (χ0v) is 13.2. The molecular weight excluding hydrogens is 274 g/mol. The Morgan fingerprint density at radius 2 is 2.23 bits per heavy atom. The molecule has 1 N–H and O–H groups in total. The van der Waals surface area contributed by atoms with Crippen molar-refractivity contribution in [2.24, 2.45) is 5.92 Å². The summed E-state index contributed by atoms with van der Waals surface area (Å²) < 4.78 is 1.97. The number of hydrogen-bond acceptors (Lipinski definition) is 2. The molecule has 0 radical (unpaired) electrons. The minimum absolute atomic E-state index is 0.0157. The molecule has 22 heavy (non-hydrogen) atoms. The van der Waals surface area contributed by atoms with Crippen LogP contribution in [0, 0.1) is 5.92 Å². The minimum atomic E-state index is 0.0157. The molecule has 116 valence electrons. The van der Waals surface area contributed by atoms with E-state index in [4.69, 9.17) is 0 Å². The molecule has 1 aromatic carbocycles. The molecule has 2 aromatic rings. The van der Waals surface area contributed by atoms with Crippen LogP contribution in [0.3, 0.4) is 0 Å². The van der Waals surface area contributed by atoms with E-state index in [1.165, 1.54) is 11.1 Å². The summed E-state index contributed by atoms with van der Waals surface area (Å²) in [5.74, 6) is 0.877. The summed E-state index contributed by atoms with van der Waals surface area (Å²) in [6.45, 7) is 3.98. The normalized spacial score (nSPS) is 18.5. The molecule has 0 saturated heterocycles. The zero-order chi connectivity index (χ0) is 15.5. The lowest BCUT2D eigenvalue weighted by molar-refractivity contribution is -0.119. The first kappa shape index (κ1) is 14.8. The van der Waals surface area contributed by atoms with Crippen molar-refractivity contribution in [1.82, 2.24) is 9.78 Å². The van der Waals surface area contributed by atoms with Gasteiger partial charge in [0.15, 0.2) is 0 Å². The van der Waals surface area contributed by atoms with E-state index in [1.807, 2.05) is 24.6 Å². The Hall–Kier alpha value is -2.10. The van der Waals surface area contributed by atoms with Crippen LogP contribution in [0.15, 0.2) is 36.5 Å². The SMILES string of the molecule is CCC(C)C(=O)Nc1ccnn1C1CCCc2ccccc21. The van der Waals surface area contributed by atoms with Gasteiger partial charge in [0.25, 0.3) is 0 Å². The maximum Gasteiger partial charge on any atom is 0.228 e. The molecule has 1 heterocycles. The molecule has 0 spiro atoms. The summed E-state index contributed by atoms with van der Waals surface area (Å²) in [5, 5.41) is 7.51. The lowest BCUT2D eigenvalue weighted by Gasteiger charge is -2.27. The highest BCUT2D eigenvalue weighted by Gasteiger charge is 2.24. The summed E-state index contributed by atoms with van der Waals surface area (Å²) in [5.41, 5.74) is 2.73. The average Bonchev–Trinajstić information content (AvgIpc) is 3.01. The molecule has 2 unspecified atom stereocenters. The fraction of sp³-hybridized carbons (Fsp3) is 0.444. The number of aromatic nitrogens is 2. The van der Waals surface area contributed by atoms with Gasteiger partial charge >= 0.3 is 0 Å². The van der Waals surface area contributed by atoms with Gasteiger partial charge in [-0.2, -0.15) is 5.10 Å². The summed E-state index contributed by atoms with van der Waals surface area (Å²) in [6.07, 6.45) is 5.95. The Balaban J connectivity index is 1.88. The first-order valence-electron chi connectivity index (χ1n) is 8.13. The van der Waals surface area contributed by atoms with Gasteiger partial charge < -0.3 is 5.32 Å². The zero-order valence-electron chi connectivity index (χ0n) is 13.2. The first-order valence-corrected chi connectivity index (χ1v) is 8.13. The predicted molar refractivity (Wildman–Crippen MR) is 87.8 cm³/mol. The quantitative estimate of drug-likeness (QED) is 0.933. The number of rotatable bonds is 4. The van der Waals surface area contributed by atoms with Crippen LogP contribution in [0.4, 0.5) is 5.82 Å². The van der Waals surface area contributed by atoms with Gasteiger partial charge in [0.05, 0.1) is 12.2 Å². The van der Waals surface area contributed by atoms with E-state index in [0.29, 0.717) is 0 Å². The molecule has 4 heteroatoms. The Labute approximate surface area is 131 Å². The molecule has 1 aromatic heterocycles. The van der Waals surface area contributed by atoms with Gasteiger partial charge in [-0.05, 0) is 36.8 Å². The highest BCUT2D eigenvalue weighted by atomic mass is 16.2. The molecule has 0 saturated carbocycles. The number of nitrogens with zero attached hydrogens (tertiary/aromatic N) is 2. The van der Waals surface area contributed by atoms with E-state index >= 15 is 0 Å². The fourth-order valence-electron chi connectivity index (χ4n) is 3.08. The van der Waals surface area contributed by atoms with Crippen molar-refractivity contribution in [3.63, 3.8) is 0 Å². The molecule has 2 atom stereocenters. The average molecular weight is 297 g/mol. The number of aryl methyl sites for hydroxylation is 1. The molecule has 0 aliphatic heterocycles. The van der Waals surface area contributed by atoms with Crippen LogP contribution in [0.1, 0.15) is 50.3 Å². The lowest BCUT2D eigenvalue weighted by Crippen LogP contribution is -2.25. The standard InChI is InChI=1S/C18H23N3O/c1-3-13(2)18(22)20-17-11-12-19-21(17)16-10-6-8-14-7-4-5-9-15(14)16/h4-5,7,9,11-13,16H,3,6,8,10H2,1-2H3,(H,20,22). The van der Waals surface area contributed by atoms with E-state index in [9.17, 15) is 4.79 Å². The van der Waals surface area contributed by atoms with Crippen LogP contribution in [0.2, 0.25) is 0 Å². The van der Waals surface area contributed by atoms with Crippen LogP contribution < -0.4 is 5.32 Å². The van der Waals surface area contributed by atoms with E-state index in [1.54, 1.807) is 6.20 Å². The Kier molecular flexibility index (Phi) is 4.27. The minimum Gasteiger partial charge on any atom is -0.311 e. The van der Waals surface area contributed by atoms with E-state index in [-0.39, 0.29) is 17.9 Å². The first-order chi connectivity index (χ1) is 10.7. The van der Waals surface area contributed by atoms with E-state index in [2.05, 4.69) is 34.7 Å². The van der Waals surface area contributed by atoms with Crippen LogP contribution in [-0.2, 0) is 11.2 Å². The molecule has 1 aliphatic carbocycles. The molecule has 0 bridgehead atoms. The lowest BCUT2D eigenvalue weighted by atomic mass is 9.88. The fourth-order valence-corrected chi connectivity index (χ4v) is 3.08. The van der Waals surface area contributed by atoms with Crippen LogP contribution >= 0.6 is 0 Å². The number of amides is 1. The van der Waals surface area contributed by atoms with Gasteiger partial charge in [-0.15, -0.1) is 0 Å². The monoisotopic (exact) mass is 297 g/mol. The van der Waals surface area contributed by atoms with Crippen molar-refractivity contribution in [1.29, 1.82) is 0 Å². The smallest absolute Gasteiger partial charge is 0.228 e. The van der Waals surface area contributed by atoms with Crippen molar-refractivity contribution in [2.45, 2.75) is 45.6 Å². The Morgan fingerprint density at radius 1 is 1.41 bits per heavy atom. The number of nitrogens with one attached hydrogen (secondary N) is 1. The molecule has 1 aliphatic rings. The number of fused-ring (bicyclic) bond motifs is 1. The summed E-state index contributed by atoms with van der Waals surface area (Å²) in [4.78, 5) is 12.2. The van der Waals surface area contributed by atoms with Crippen LogP contribution in [-0.4, -0.2) is 15.7 Å². The number of hydrogen-bond donors (Lipinski definition) is 1. The number of carbonyl (C=O) groups excluding carboxylic acids is 1. The highest BCUT2D eigenvalue weighted by Crippen LogP contribution is 2.34. The largest absolute Gasteiger partial charge is 0.311 e. The second kappa shape index (κ2) is 6.34. The topological polar surface area (TPSA) is 46.9 Å². The van der Waals surface area contributed by atoms with Gasteiger partial charge in [0, 0.05) is 12.0 Å². The van der Waals surface area contributed by atoms with Gasteiger partial charge in [0.1, 0.15) is 5.82 Å². The molecule has 1 amide bonds. The van der Waals surface area contributed by atoms with Crippen molar-refractivity contribution in [3.8, 4) is 0 Å². The maximum atomic E-state index is 12.2. The molecular formula is C18H23N3O.